The lowest BCUT2D eigenvalue weighted by Gasteiger charge is -2.29. The monoisotopic (exact) mass is 684 g/mol. The van der Waals surface area contributed by atoms with Crippen LogP contribution in [0.5, 0.6) is 0 Å². The van der Waals surface area contributed by atoms with Gasteiger partial charge in [-0.15, -0.1) is 0 Å². The Morgan fingerprint density at radius 2 is 1.57 bits per heavy atom. The summed E-state index contributed by atoms with van der Waals surface area (Å²) in [7, 11) is 0. The summed E-state index contributed by atoms with van der Waals surface area (Å²) in [6, 6.07) is 12.0. The highest BCUT2D eigenvalue weighted by atomic mass is 35.5. The van der Waals surface area contributed by atoms with Gasteiger partial charge in [0.15, 0.2) is 0 Å². The number of hydrogen-bond acceptors (Lipinski definition) is 6. The summed E-state index contributed by atoms with van der Waals surface area (Å²) < 4.78 is 5.95. The van der Waals surface area contributed by atoms with Gasteiger partial charge in [-0.05, 0) is 73.4 Å². The van der Waals surface area contributed by atoms with Gasteiger partial charge in [-0.1, -0.05) is 79.6 Å². The number of rotatable bonds is 14. The summed E-state index contributed by atoms with van der Waals surface area (Å²) in [5, 5.41) is 12.0. The van der Waals surface area contributed by atoms with E-state index in [1.165, 1.54) is 0 Å². The highest BCUT2D eigenvalue weighted by Crippen LogP contribution is 2.29. The number of ketones is 1. The molecule has 1 saturated heterocycles. The minimum absolute atomic E-state index is 0.00837. The average Bonchev–Trinajstić information content (AvgIpc) is 3.78. The van der Waals surface area contributed by atoms with E-state index in [1.807, 2.05) is 18.2 Å². The van der Waals surface area contributed by atoms with Gasteiger partial charge in [0.2, 0.25) is 17.6 Å². The van der Waals surface area contributed by atoms with Gasteiger partial charge in [0.25, 0.3) is 5.91 Å². The molecular weight excluding hydrogens is 643 g/mol. The molecule has 252 valence electrons. The number of nitrogens with one attached hydrogen (secondary N) is 4. The van der Waals surface area contributed by atoms with Crippen molar-refractivity contribution in [2.24, 2.45) is 11.8 Å². The third-order valence-corrected chi connectivity index (χ3v) is 9.60. The first-order valence-corrected chi connectivity index (χ1v) is 17.3. The van der Waals surface area contributed by atoms with Crippen molar-refractivity contribution < 1.29 is 28.7 Å². The van der Waals surface area contributed by atoms with Gasteiger partial charge >= 0.3 is 6.09 Å². The average molecular weight is 686 g/mol. The molecule has 10 nitrogen and oxygen atoms in total. The standard InChI is InChI=1S/C35H42Cl2N4O6/c36-25-10-4-8-22(16-25)18-30(23-9-5-11-26(37)19-23)47-35(46)41-29(17-21-6-2-1-3-7-21)33(44)40-28(20-24-14-15-38-32(24)43)31(42)34(45)39-27-12-13-27/h4-5,8-11,16,19,21,24,27-30H,1-3,6-7,12-15,17-18,20H2,(H,38,43)(H,39,45)(H,40,44)(H,41,46)/t24-,28-,29-,30?/m0/s1. The molecule has 4 N–H and O–H groups in total. The van der Waals surface area contributed by atoms with Crippen LogP contribution in [0.4, 0.5) is 4.79 Å². The van der Waals surface area contributed by atoms with Crippen molar-refractivity contribution in [2.75, 3.05) is 6.54 Å². The summed E-state index contributed by atoms with van der Waals surface area (Å²) in [4.78, 5) is 65.9. The van der Waals surface area contributed by atoms with Crippen LogP contribution in [-0.2, 0) is 30.3 Å². The van der Waals surface area contributed by atoms with Gasteiger partial charge in [0.1, 0.15) is 12.1 Å². The highest BCUT2D eigenvalue weighted by Gasteiger charge is 2.38. The van der Waals surface area contributed by atoms with Crippen molar-refractivity contribution in [3.8, 4) is 0 Å². The second kappa shape index (κ2) is 16.5. The maximum atomic E-state index is 13.9. The summed E-state index contributed by atoms with van der Waals surface area (Å²) in [6.45, 7) is 0.466. The second-order valence-electron chi connectivity index (χ2n) is 12.9. The number of carbonyl (C=O) groups is 5. The Morgan fingerprint density at radius 3 is 2.23 bits per heavy atom. The van der Waals surface area contributed by atoms with E-state index < -0.39 is 47.8 Å². The summed E-state index contributed by atoms with van der Waals surface area (Å²) in [5.74, 6) is -2.73. The SMILES string of the molecule is O=C(N[C@@H](CC1CCCCC1)C(=O)N[C@@H](C[C@@H]1CCNC1=O)C(=O)C(=O)NC1CC1)OC(Cc1cccc(Cl)c1)c1cccc(Cl)c1. The first-order chi connectivity index (χ1) is 22.6. The fourth-order valence-corrected chi connectivity index (χ4v) is 6.82. The molecule has 2 aliphatic carbocycles. The lowest BCUT2D eigenvalue weighted by Crippen LogP contribution is -2.55. The molecule has 3 aliphatic rings. The van der Waals surface area contributed by atoms with Gasteiger partial charge in [0, 0.05) is 35.0 Å². The maximum absolute atomic E-state index is 13.9. The van der Waals surface area contributed by atoms with Crippen molar-refractivity contribution in [1.82, 2.24) is 21.3 Å². The Labute approximate surface area is 285 Å². The van der Waals surface area contributed by atoms with Crippen molar-refractivity contribution in [1.29, 1.82) is 0 Å². The predicted molar refractivity (Wildman–Crippen MR) is 178 cm³/mol. The molecule has 4 amide bonds. The van der Waals surface area contributed by atoms with Crippen molar-refractivity contribution >= 4 is 52.8 Å². The molecule has 1 aliphatic heterocycles. The Kier molecular flexibility index (Phi) is 12.2. The smallest absolute Gasteiger partial charge is 0.408 e. The zero-order chi connectivity index (χ0) is 33.3. The number of Topliss-reactive ketones (excluding diaryl/α,β-unsaturated/α-hetero) is 1. The zero-order valence-corrected chi connectivity index (χ0v) is 27.8. The predicted octanol–water partition coefficient (Wildman–Crippen LogP) is 5.20. The fourth-order valence-electron chi connectivity index (χ4n) is 6.41. The van der Waals surface area contributed by atoms with Gasteiger partial charge in [0.05, 0.1) is 6.04 Å². The Balaban J connectivity index is 1.33. The molecule has 3 fully saturated rings. The van der Waals surface area contributed by atoms with Crippen LogP contribution in [0.1, 0.15) is 81.4 Å². The first kappa shape index (κ1) is 34.7. The fraction of sp³-hybridized carbons (Fsp3) is 0.514. The van der Waals surface area contributed by atoms with Crippen LogP contribution in [-0.4, -0.2) is 54.3 Å². The molecule has 2 aromatic carbocycles. The van der Waals surface area contributed by atoms with E-state index >= 15 is 0 Å². The highest BCUT2D eigenvalue weighted by molar-refractivity contribution is 6.38. The molecule has 0 radical (unpaired) electrons. The molecule has 1 unspecified atom stereocenters. The molecule has 0 spiro atoms. The van der Waals surface area contributed by atoms with Gasteiger partial charge < -0.3 is 26.0 Å². The number of benzene rings is 2. The quantitative estimate of drug-likeness (QED) is 0.202. The van der Waals surface area contributed by atoms with Crippen molar-refractivity contribution in [3.05, 3.63) is 69.7 Å². The van der Waals surface area contributed by atoms with Crippen LogP contribution >= 0.6 is 23.2 Å². The van der Waals surface area contributed by atoms with Crippen LogP contribution in [0.15, 0.2) is 48.5 Å². The van der Waals surface area contributed by atoms with E-state index in [4.69, 9.17) is 27.9 Å². The Morgan fingerprint density at radius 1 is 0.851 bits per heavy atom. The minimum Gasteiger partial charge on any atom is -0.441 e. The first-order valence-electron chi connectivity index (χ1n) is 16.5. The Hall–Kier alpha value is -3.63. The van der Waals surface area contributed by atoms with Crippen LogP contribution in [0.25, 0.3) is 0 Å². The van der Waals surface area contributed by atoms with Crippen LogP contribution in [0, 0.1) is 11.8 Å². The van der Waals surface area contributed by atoms with Gasteiger partial charge in [-0.25, -0.2) is 4.79 Å². The largest absolute Gasteiger partial charge is 0.441 e. The van der Waals surface area contributed by atoms with Gasteiger partial charge in [-0.2, -0.15) is 0 Å². The van der Waals surface area contributed by atoms with Crippen molar-refractivity contribution in [3.63, 3.8) is 0 Å². The second-order valence-corrected chi connectivity index (χ2v) is 13.8. The summed E-state index contributed by atoms with van der Waals surface area (Å²) in [6.07, 6.45) is 6.17. The van der Waals surface area contributed by atoms with E-state index in [9.17, 15) is 24.0 Å². The Bertz CT molecular complexity index is 1460. The lowest BCUT2D eigenvalue weighted by atomic mass is 9.84. The van der Waals surface area contributed by atoms with Gasteiger partial charge in [-0.3, -0.25) is 19.2 Å². The van der Waals surface area contributed by atoms with E-state index in [0.29, 0.717) is 41.4 Å². The molecule has 5 rings (SSSR count). The number of hydrogen-bond donors (Lipinski definition) is 4. The van der Waals surface area contributed by atoms with Crippen molar-refractivity contribution in [2.45, 2.75) is 94.9 Å². The number of halogens is 2. The third-order valence-electron chi connectivity index (χ3n) is 9.13. The topological polar surface area (TPSA) is 143 Å². The molecule has 47 heavy (non-hydrogen) atoms. The van der Waals surface area contributed by atoms with Crippen LogP contribution in [0.3, 0.4) is 0 Å². The molecule has 2 aromatic rings. The number of alkyl carbamates (subject to hydrolysis) is 1. The van der Waals surface area contributed by atoms with Crippen LogP contribution in [0.2, 0.25) is 10.0 Å². The number of ether oxygens (including phenoxy) is 1. The number of amides is 4. The van der Waals surface area contributed by atoms with E-state index in [2.05, 4.69) is 21.3 Å². The summed E-state index contributed by atoms with van der Waals surface area (Å²) in [5.41, 5.74) is 1.51. The molecule has 4 atom stereocenters. The third kappa shape index (κ3) is 10.4. The maximum Gasteiger partial charge on any atom is 0.408 e. The molecule has 12 heteroatoms. The minimum atomic E-state index is -1.22. The molecule has 2 saturated carbocycles. The van der Waals surface area contributed by atoms with E-state index in [-0.39, 0.29) is 24.3 Å². The molecule has 0 bridgehead atoms. The van der Waals surface area contributed by atoms with E-state index in [1.54, 1.807) is 30.3 Å². The molecular formula is C35H42Cl2N4O6. The molecule has 0 aromatic heterocycles. The lowest BCUT2D eigenvalue weighted by molar-refractivity contribution is -0.141. The molecule has 1 heterocycles. The normalized spacial score (nSPS) is 20.0. The zero-order valence-electron chi connectivity index (χ0n) is 26.3. The van der Waals surface area contributed by atoms with Crippen LogP contribution < -0.4 is 21.3 Å². The van der Waals surface area contributed by atoms with E-state index in [0.717, 1.165) is 50.5 Å². The number of carbonyl (C=O) groups excluding carboxylic acids is 5. The summed E-state index contributed by atoms with van der Waals surface area (Å²) >= 11 is 12.5.